The monoisotopic (exact) mass is 623 g/mol. The van der Waals surface area contributed by atoms with Crippen molar-refractivity contribution in [1.29, 1.82) is 0 Å². The van der Waals surface area contributed by atoms with Gasteiger partial charge in [0.25, 0.3) is 8.61 Å². The van der Waals surface area contributed by atoms with Gasteiger partial charge in [0.05, 0.1) is 17.8 Å². The Bertz CT molecular complexity index is 1340. The van der Waals surface area contributed by atoms with Crippen molar-refractivity contribution in [1.82, 2.24) is 20.0 Å². The lowest BCUT2D eigenvalue weighted by atomic mass is 9.88. The molecule has 2 aromatic rings. The van der Waals surface area contributed by atoms with Crippen LogP contribution in [-0.4, -0.2) is 28.3 Å². The summed E-state index contributed by atoms with van der Waals surface area (Å²) < 4.78 is 12.5. The van der Waals surface area contributed by atoms with Crippen LogP contribution in [0.3, 0.4) is 0 Å². The Kier molecular flexibility index (Phi) is 18.2. The van der Waals surface area contributed by atoms with Gasteiger partial charge in [-0.2, -0.15) is 0 Å². The number of hydrogen-bond acceptors (Lipinski definition) is 5. The standard InChI is InChI=1S/C30H38N5O4P.2C2H6/c1-5-9-22-15-25(11-7-10-23(22)14-20(3)26-12-8-13-31-30(26)32-18-36)33-28(38)16-24-17-35(19-37)29(21(24)4)27(6-2)34-40-39;2*1-2/h6,8,12-13,15,17-20H,5,7,9-11,14,16H2,1-4H3,(H,33,38)(H,34,39)(H,31,32,36);2*1-2H3/b27-6+;;. The molecule has 0 saturated carbocycles. The molecule has 44 heavy (non-hydrogen) atoms. The molecule has 3 N–H and O–H groups in total. The average Bonchev–Trinajstić information content (AvgIpc) is 3.22. The zero-order chi connectivity index (χ0) is 33.1. The molecule has 3 rings (SSSR count). The molecule has 0 fully saturated rings. The van der Waals surface area contributed by atoms with E-state index in [2.05, 4.69) is 40.6 Å². The van der Waals surface area contributed by atoms with E-state index in [0.29, 0.717) is 30.0 Å². The Morgan fingerprint density at radius 1 is 1.18 bits per heavy atom. The minimum atomic E-state index is -0.274. The predicted octanol–water partition coefficient (Wildman–Crippen LogP) is 8.02. The number of anilines is 1. The molecule has 2 amide bonds. The van der Waals surface area contributed by atoms with E-state index in [1.807, 2.05) is 46.8 Å². The summed E-state index contributed by atoms with van der Waals surface area (Å²) in [5, 5.41) is 8.55. The van der Waals surface area contributed by atoms with Crippen LogP contribution in [0.2, 0.25) is 0 Å². The Labute approximate surface area is 264 Å². The summed E-state index contributed by atoms with van der Waals surface area (Å²) in [5.41, 5.74) is 7.17. The van der Waals surface area contributed by atoms with Gasteiger partial charge in [-0.1, -0.05) is 65.7 Å². The number of hydrogen-bond donors (Lipinski definition) is 3. The van der Waals surface area contributed by atoms with Crippen molar-refractivity contribution in [3.63, 3.8) is 0 Å². The molecule has 1 atom stereocenters. The number of aromatic nitrogens is 2. The van der Waals surface area contributed by atoms with E-state index in [9.17, 15) is 18.9 Å². The Hall–Kier alpha value is -3.84. The smallest absolute Gasteiger partial charge is 0.279 e. The maximum atomic E-state index is 13.1. The second kappa shape index (κ2) is 21.0. The molecule has 2 aromatic heterocycles. The zero-order valence-electron chi connectivity index (χ0n) is 27.6. The summed E-state index contributed by atoms with van der Waals surface area (Å²) in [4.78, 5) is 40.2. The minimum Gasteiger partial charge on any atom is -0.329 e. The van der Waals surface area contributed by atoms with Crippen LogP contribution in [0.4, 0.5) is 5.82 Å². The molecule has 0 radical (unpaired) electrons. The lowest BCUT2D eigenvalue weighted by molar-refractivity contribution is -0.119. The molecule has 1 aliphatic carbocycles. The lowest BCUT2D eigenvalue weighted by Crippen LogP contribution is -2.24. The molecule has 9 nitrogen and oxygen atoms in total. The van der Waals surface area contributed by atoms with E-state index in [-0.39, 0.29) is 26.9 Å². The average molecular weight is 624 g/mol. The summed E-state index contributed by atoms with van der Waals surface area (Å²) in [6.07, 6.45) is 14.0. The van der Waals surface area contributed by atoms with E-state index in [4.69, 9.17) is 0 Å². The van der Waals surface area contributed by atoms with E-state index in [1.54, 1.807) is 25.4 Å². The molecule has 0 bridgehead atoms. The van der Waals surface area contributed by atoms with Crippen molar-refractivity contribution in [2.24, 2.45) is 0 Å². The van der Waals surface area contributed by atoms with E-state index < -0.39 is 0 Å². The predicted molar refractivity (Wildman–Crippen MR) is 181 cm³/mol. The van der Waals surface area contributed by atoms with Crippen molar-refractivity contribution in [3.8, 4) is 0 Å². The van der Waals surface area contributed by atoms with Crippen LogP contribution in [-0.2, 0) is 25.4 Å². The van der Waals surface area contributed by atoms with Gasteiger partial charge in [-0.05, 0) is 86.3 Å². The van der Waals surface area contributed by atoms with Gasteiger partial charge in [-0.15, -0.1) is 0 Å². The first-order chi connectivity index (χ1) is 21.4. The maximum absolute atomic E-state index is 13.1. The molecular weight excluding hydrogens is 573 g/mol. The first-order valence-electron chi connectivity index (χ1n) is 15.6. The third kappa shape index (κ3) is 10.7. The molecule has 0 aliphatic heterocycles. The Balaban J connectivity index is 0.00000232. The minimum absolute atomic E-state index is 0.118. The Morgan fingerprint density at radius 2 is 1.91 bits per heavy atom. The van der Waals surface area contributed by atoms with Crippen LogP contribution in [0.25, 0.3) is 5.70 Å². The molecule has 10 heteroatoms. The van der Waals surface area contributed by atoms with Crippen molar-refractivity contribution in [3.05, 3.63) is 75.9 Å². The molecule has 1 unspecified atom stereocenters. The van der Waals surface area contributed by atoms with Crippen LogP contribution in [0.1, 0.15) is 115 Å². The van der Waals surface area contributed by atoms with E-state index >= 15 is 0 Å². The third-order valence-corrected chi connectivity index (χ3v) is 7.56. The van der Waals surface area contributed by atoms with Crippen molar-refractivity contribution >= 4 is 38.9 Å². The number of nitrogens with zero attached hydrogens (tertiary/aromatic N) is 2. The number of carbonyl (C=O) groups excluding carboxylic acids is 3. The highest BCUT2D eigenvalue weighted by Gasteiger charge is 2.20. The fourth-order valence-corrected chi connectivity index (χ4v) is 5.67. The number of nitrogens with one attached hydrogen (secondary N) is 3. The molecule has 240 valence electrons. The van der Waals surface area contributed by atoms with E-state index in [1.165, 1.54) is 15.7 Å². The number of amides is 2. The van der Waals surface area contributed by atoms with Gasteiger partial charge in [-0.3, -0.25) is 19.0 Å². The number of pyridine rings is 1. The molecule has 0 spiro atoms. The van der Waals surface area contributed by atoms with Crippen molar-refractivity contribution in [2.75, 3.05) is 5.32 Å². The third-order valence-electron chi connectivity index (χ3n) is 7.23. The van der Waals surface area contributed by atoms with Crippen LogP contribution < -0.4 is 15.7 Å². The molecule has 1 aliphatic rings. The first-order valence-corrected chi connectivity index (χ1v) is 16.4. The summed E-state index contributed by atoms with van der Waals surface area (Å²) in [5.74, 6) is 0.610. The first kappa shape index (κ1) is 38.2. The molecule has 0 saturated heterocycles. The van der Waals surface area contributed by atoms with Crippen LogP contribution in [0.15, 0.2) is 53.5 Å². The second-order valence-electron chi connectivity index (χ2n) is 9.98. The highest BCUT2D eigenvalue weighted by Crippen LogP contribution is 2.34. The van der Waals surface area contributed by atoms with Crippen LogP contribution in [0, 0.1) is 6.92 Å². The fraction of sp³-hybridized carbons (Fsp3) is 0.471. The van der Waals surface area contributed by atoms with Gasteiger partial charge in [0.1, 0.15) is 5.82 Å². The van der Waals surface area contributed by atoms with Crippen LogP contribution >= 0.6 is 8.61 Å². The lowest BCUT2D eigenvalue weighted by Gasteiger charge is -2.18. The van der Waals surface area contributed by atoms with E-state index in [0.717, 1.165) is 60.9 Å². The fourth-order valence-electron chi connectivity index (χ4n) is 5.34. The second-order valence-corrected chi connectivity index (χ2v) is 10.4. The highest BCUT2D eigenvalue weighted by atomic mass is 31.1. The molecule has 0 aromatic carbocycles. The van der Waals surface area contributed by atoms with Crippen molar-refractivity contribution in [2.45, 2.75) is 106 Å². The number of carbonyl (C=O) groups is 3. The van der Waals surface area contributed by atoms with Gasteiger partial charge in [0.2, 0.25) is 18.7 Å². The topological polar surface area (TPSA) is 122 Å². The Morgan fingerprint density at radius 3 is 2.52 bits per heavy atom. The quantitative estimate of drug-likeness (QED) is 0.145. The number of allylic oxidation sites excluding steroid dienone is 5. The molecule has 2 heterocycles. The largest absolute Gasteiger partial charge is 0.329 e. The van der Waals surface area contributed by atoms with Gasteiger partial charge in [-0.25, -0.2) is 9.55 Å². The van der Waals surface area contributed by atoms with Gasteiger partial charge in [0, 0.05) is 18.1 Å². The van der Waals surface area contributed by atoms with Gasteiger partial charge < -0.3 is 15.7 Å². The summed E-state index contributed by atoms with van der Waals surface area (Å²) >= 11 is 0. The normalized spacial score (nSPS) is 13.7. The SMILES string of the molecule is C/C=C(/NP=O)c1c(C)c(CC(=O)NC2=CC(CCC)=C(CC(C)c3cccnc3NC=O)CCC2)cn1C=O.CC.CC. The van der Waals surface area contributed by atoms with Gasteiger partial charge in [0.15, 0.2) is 0 Å². The molecular formula is C34H50N5O4P. The van der Waals surface area contributed by atoms with Crippen molar-refractivity contribution < 1.29 is 18.9 Å². The number of rotatable bonds is 14. The summed E-state index contributed by atoms with van der Waals surface area (Å²) in [7, 11) is -0.274. The zero-order valence-corrected chi connectivity index (χ0v) is 28.5. The van der Waals surface area contributed by atoms with Crippen LogP contribution in [0.5, 0.6) is 0 Å². The summed E-state index contributed by atoms with van der Waals surface area (Å²) in [6, 6.07) is 3.89. The maximum Gasteiger partial charge on any atom is 0.279 e. The highest BCUT2D eigenvalue weighted by molar-refractivity contribution is 7.21. The van der Waals surface area contributed by atoms with Gasteiger partial charge >= 0.3 is 0 Å². The summed E-state index contributed by atoms with van der Waals surface area (Å²) in [6.45, 7) is 15.9.